The number of aliphatic imine (C=N–C) groups is 1. The monoisotopic (exact) mass is 381 g/mol. The van der Waals surface area contributed by atoms with E-state index in [0.717, 1.165) is 24.7 Å². The zero-order chi connectivity index (χ0) is 19.7. The summed E-state index contributed by atoms with van der Waals surface area (Å²) in [6.45, 7) is 7.64. The lowest BCUT2D eigenvalue weighted by Crippen LogP contribution is -2.71. The van der Waals surface area contributed by atoms with E-state index in [0.29, 0.717) is 18.1 Å². The second kappa shape index (κ2) is 7.59. The lowest BCUT2D eigenvalue weighted by Gasteiger charge is -2.60. The van der Waals surface area contributed by atoms with Crippen LogP contribution < -0.4 is 10.6 Å². The average molecular weight is 382 g/mol. The number of benzene rings is 1. The molecule has 0 radical (unpaired) electrons. The molecule has 6 nitrogen and oxygen atoms in total. The van der Waals surface area contributed by atoms with Gasteiger partial charge in [-0.1, -0.05) is 26.0 Å². The first kappa shape index (κ1) is 19.0. The van der Waals surface area contributed by atoms with Crippen LogP contribution in [0.1, 0.15) is 45.2 Å². The Balaban J connectivity index is 1.43. The molecule has 4 rings (SSSR count). The van der Waals surface area contributed by atoms with Gasteiger partial charge in [-0.05, 0) is 43.5 Å². The summed E-state index contributed by atoms with van der Waals surface area (Å²) in [6.07, 6.45) is 6.49. The molecule has 0 spiro atoms. The van der Waals surface area contributed by atoms with Crippen molar-refractivity contribution >= 4 is 5.96 Å². The summed E-state index contributed by atoms with van der Waals surface area (Å²) in [7, 11) is 1.84. The maximum absolute atomic E-state index is 6.03. The molecule has 28 heavy (non-hydrogen) atoms. The highest BCUT2D eigenvalue weighted by atomic mass is 16.5. The van der Waals surface area contributed by atoms with Crippen LogP contribution >= 0.6 is 0 Å². The summed E-state index contributed by atoms with van der Waals surface area (Å²) in [4.78, 5) is 4.49. The van der Waals surface area contributed by atoms with Crippen LogP contribution in [0.4, 0.5) is 0 Å². The van der Waals surface area contributed by atoms with E-state index >= 15 is 0 Å². The average Bonchev–Trinajstić information content (AvgIpc) is 3.26. The Labute approximate surface area is 167 Å². The van der Waals surface area contributed by atoms with Crippen molar-refractivity contribution in [2.45, 2.75) is 51.8 Å². The Bertz CT molecular complexity index is 829. The number of aromatic nitrogens is 2. The summed E-state index contributed by atoms with van der Waals surface area (Å²) in [5.74, 6) is 1.42. The van der Waals surface area contributed by atoms with Crippen molar-refractivity contribution in [3.8, 4) is 5.69 Å². The summed E-state index contributed by atoms with van der Waals surface area (Å²) in [5, 5.41) is 11.6. The fourth-order valence-corrected chi connectivity index (χ4v) is 4.78. The van der Waals surface area contributed by atoms with Gasteiger partial charge in [-0.3, -0.25) is 4.99 Å². The molecule has 2 N–H and O–H groups in total. The van der Waals surface area contributed by atoms with E-state index in [1.807, 2.05) is 24.0 Å². The summed E-state index contributed by atoms with van der Waals surface area (Å²) >= 11 is 0. The predicted molar refractivity (Wildman–Crippen MR) is 112 cm³/mol. The topological polar surface area (TPSA) is 63.5 Å². The molecule has 1 aromatic carbocycles. The first-order chi connectivity index (χ1) is 13.5. The SMILES string of the molecule is CN=C(NC(C)c1cccc(-n2cccn2)c1)NC1C2CCCOC2C1(C)C. The highest BCUT2D eigenvalue weighted by molar-refractivity contribution is 5.80. The largest absolute Gasteiger partial charge is 0.377 e. The van der Waals surface area contributed by atoms with Crippen LogP contribution in [0.3, 0.4) is 0 Å². The van der Waals surface area contributed by atoms with E-state index in [9.17, 15) is 0 Å². The summed E-state index contributed by atoms with van der Waals surface area (Å²) in [6, 6.07) is 10.9. The molecule has 1 saturated heterocycles. The zero-order valence-corrected chi connectivity index (χ0v) is 17.2. The van der Waals surface area contributed by atoms with Crippen molar-refractivity contribution in [3.05, 3.63) is 48.3 Å². The Kier molecular flexibility index (Phi) is 5.15. The minimum Gasteiger partial charge on any atom is -0.377 e. The van der Waals surface area contributed by atoms with E-state index in [-0.39, 0.29) is 11.5 Å². The van der Waals surface area contributed by atoms with E-state index in [1.54, 1.807) is 6.20 Å². The van der Waals surface area contributed by atoms with Gasteiger partial charge in [0.25, 0.3) is 0 Å². The van der Waals surface area contributed by atoms with Gasteiger partial charge in [0.2, 0.25) is 0 Å². The third-order valence-corrected chi connectivity index (χ3v) is 6.34. The molecule has 2 fully saturated rings. The lowest BCUT2D eigenvalue weighted by molar-refractivity contribution is -0.188. The van der Waals surface area contributed by atoms with E-state index in [2.05, 4.69) is 65.8 Å². The molecule has 1 aromatic heterocycles. The van der Waals surface area contributed by atoms with Crippen LogP contribution in [0, 0.1) is 11.3 Å². The maximum Gasteiger partial charge on any atom is 0.191 e. The van der Waals surface area contributed by atoms with Gasteiger partial charge in [-0.2, -0.15) is 5.10 Å². The number of hydrogen-bond acceptors (Lipinski definition) is 3. The number of hydrogen-bond donors (Lipinski definition) is 2. The molecule has 6 heteroatoms. The van der Waals surface area contributed by atoms with Crippen LogP contribution in [-0.2, 0) is 4.74 Å². The molecule has 2 aliphatic rings. The second-order valence-corrected chi connectivity index (χ2v) is 8.52. The Hall–Kier alpha value is -2.34. The third-order valence-electron chi connectivity index (χ3n) is 6.34. The molecule has 2 aromatic rings. The van der Waals surface area contributed by atoms with E-state index in [4.69, 9.17) is 4.74 Å². The predicted octanol–water partition coefficient (Wildman–Crippen LogP) is 3.30. The number of nitrogens with one attached hydrogen (secondary N) is 2. The van der Waals surface area contributed by atoms with Gasteiger partial charge >= 0.3 is 0 Å². The minimum absolute atomic E-state index is 0.117. The first-order valence-electron chi connectivity index (χ1n) is 10.2. The van der Waals surface area contributed by atoms with Gasteiger partial charge in [0, 0.05) is 43.4 Å². The minimum atomic E-state index is 0.117. The van der Waals surface area contributed by atoms with Gasteiger partial charge in [-0.15, -0.1) is 0 Å². The zero-order valence-electron chi connectivity index (χ0n) is 17.2. The van der Waals surface area contributed by atoms with Crippen molar-refractivity contribution in [2.24, 2.45) is 16.3 Å². The van der Waals surface area contributed by atoms with Gasteiger partial charge in [0.15, 0.2) is 5.96 Å². The number of ether oxygens (including phenoxy) is 1. The molecule has 0 bridgehead atoms. The molecule has 1 aliphatic heterocycles. The molecular formula is C22H31N5O. The fraction of sp³-hybridized carbons (Fsp3) is 0.545. The smallest absolute Gasteiger partial charge is 0.191 e. The van der Waals surface area contributed by atoms with Crippen LogP contribution in [-0.4, -0.2) is 41.5 Å². The van der Waals surface area contributed by atoms with Crippen molar-refractivity contribution in [1.82, 2.24) is 20.4 Å². The van der Waals surface area contributed by atoms with E-state index in [1.165, 1.54) is 12.0 Å². The summed E-state index contributed by atoms with van der Waals surface area (Å²) < 4.78 is 7.91. The van der Waals surface area contributed by atoms with Gasteiger partial charge < -0.3 is 15.4 Å². The van der Waals surface area contributed by atoms with E-state index < -0.39 is 0 Å². The van der Waals surface area contributed by atoms with Gasteiger partial charge in [0.05, 0.1) is 17.8 Å². The Morgan fingerprint density at radius 2 is 2.21 bits per heavy atom. The van der Waals surface area contributed by atoms with Crippen LogP contribution in [0.25, 0.3) is 5.69 Å². The highest BCUT2D eigenvalue weighted by Gasteiger charge is 2.58. The quantitative estimate of drug-likeness (QED) is 0.630. The first-order valence-corrected chi connectivity index (χ1v) is 10.2. The Morgan fingerprint density at radius 1 is 1.36 bits per heavy atom. The van der Waals surface area contributed by atoms with Gasteiger partial charge in [-0.25, -0.2) is 4.68 Å². The molecule has 0 amide bonds. The fourth-order valence-electron chi connectivity index (χ4n) is 4.78. The lowest BCUT2D eigenvalue weighted by atomic mass is 9.55. The summed E-state index contributed by atoms with van der Waals surface area (Å²) in [5.41, 5.74) is 2.37. The molecule has 1 aliphatic carbocycles. The van der Waals surface area contributed by atoms with Crippen molar-refractivity contribution in [3.63, 3.8) is 0 Å². The molecule has 1 saturated carbocycles. The van der Waals surface area contributed by atoms with Crippen LogP contribution in [0.5, 0.6) is 0 Å². The number of nitrogens with zero attached hydrogens (tertiary/aromatic N) is 3. The third kappa shape index (κ3) is 3.41. The van der Waals surface area contributed by atoms with Crippen molar-refractivity contribution < 1.29 is 4.74 Å². The molecular weight excluding hydrogens is 350 g/mol. The molecule has 4 unspecified atom stereocenters. The molecule has 2 heterocycles. The molecule has 150 valence electrons. The van der Waals surface area contributed by atoms with Crippen molar-refractivity contribution in [1.29, 1.82) is 0 Å². The highest BCUT2D eigenvalue weighted by Crippen LogP contribution is 2.51. The van der Waals surface area contributed by atoms with Crippen LogP contribution in [0.15, 0.2) is 47.7 Å². The standard InChI is InChI=1S/C22H31N5O/c1-15(16-8-5-9-17(14-16)27-12-7-11-24-27)25-21(23-4)26-19-18-10-6-13-28-20(18)22(19,2)3/h5,7-9,11-12,14-15,18-20H,6,10,13H2,1-4H3,(H2,23,25,26). The van der Waals surface area contributed by atoms with Gasteiger partial charge in [0.1, 0.15) is 0 Å². The Morgan fingerprint density at radius 3 is 2.96 bits per heavy atom. The maximum atomic E-state index is 6.03. The number of fused-ring (bicyclic) bond motifs is 1. The van der Waals surface area contributed by atoms with Crippen molar-refractivity contribution in [2.75, 3.05) is 13.7 Å². The van der Waals surface area contributed by atoms with Crippen LogP contribution in [0.2, 0.25) is 0 Å². The normalized spacial score (nSPS) is 27.4. The number of rotatable bonds is 4. The second-order valence-electron chi connectivity index (χ2n) is 8.52. The number of guanidine groups is 1. The molecule has 4 atom stereocenters.